The molecule has 3 N–H and O–H groups in total. The second kappa shape index (κ2) is 12.5. The first-order valence-corrected chi connectivity index (χ1v) is 14.8. The summed E-state index contributed by atoms with van der Waals surface area (Å²) >= 11 is 0. The fraction of sp³-hybridized carbons (Fsp3) is 0.406. The number of ether oxygens (including phenoxy) is 3. The maximum absolute atomic E-state index is 13.1. The van der Waals surface area contributed by atoms with E-state index in [1.54, 1.807) is 24.8 Å². The number of aromatic nitrogens is 4. The average molecular weight is 617 g/mol. The molecule has 3 aromatic heterocycles. The third-order valence-electron chi connectivity index (χ3n) is 7.17. The maximum Gasteiger partial charge on any atom is 0.410 e. The van der Waals surface area contributed by atoms with Gasteiger partial charge in [-0.1, -0.05) is 18.2 Å². The molecule has 0 bridgehead atoms. The van der Waals surface area contributed by atoms with Gasteiger partial charge >= 0.3 is 12.1 Å². The van der Waals surface area contributed by atoms with Gasteiger partial charge in [0.1, 0.15) is 16.9 Å². The van der Waals surface area contributed by atoms with Gasteiger partial charge in [0.2, 0.25) is 11.8 Å². The van der Waals surface area contributed by atoms with E-state index < -0.39 is 11.6 Å². The van der Waals surface area contributed by atoms with Crippen molar-refractivity contribution in [2.24, 2.45) is 7.05 Å². The van der Waals surface area contributed by atoms with Gasteiger partial charge in [-0.3, -0.25) is 0 Å². The van der Waals surface area contributed by atoms with Crippen molar-refractivity contribution >= 4 is 46.1 Å². The fourth-order valence-corrected chi connectivity index (χ4v) is 5.15. The number of carbonyl (C=O) groups excluding carboxylic acids is 2. The summed E-state index contributed by atoms with van der Waals surface area (Å²) in [5.74, 6) is 0.536. The molecular formula is C32H40N8O5. The molecule has 4 aromatic rings. The summed E-state index contributed by atoms with van der Waals surface area (Å²) in [5.41, 5.74) is 9.22. The highest BCUT2D eigenvalue weighted by Gasteiger charge is 2.28. The lowest BCUT2D eigenvalue weighted by molar-refractivity contribution is 0.0239. The van der Waals surface area contributed by atoms with Crippen molar-refractivity contribution in [3.63, 3.8) is 0 Å². The zero-order valence-electron chi connectivity index (χ0n) is 26.7. The third kappa shape index (κ3) is 6.87. The minimum Gasteiger partial charge on any atom is -0.479 e. The van der Waals surface area contributed by atoms with Crippen LogP contribution in [0.25, 0.3) is 22.2 Å². The Balaban J connectivity index is 1.43. The summed E-state index contributed by atoms with van der Waals surface area (Å²) in [4.78, 5) is 43.2. The highest BCUT2D eigenvalue weighted by molar-refractivity contribution is 6.03. The number of esters is 1. The molecule has 1 aliphatic heterocycles. The normalized spacial score (nSPS) is 13.7. The minimum absolute atomic E-state index is 0.220. The molecule has 5 rings (SSSR count). The predicted molar refractivity (Wildman–Crippen MR) is 173 cm³/mol. The number of nitrogens with two attached hydrogens (primary N) is 1. The van der Waals surface area contributed by atoms with Crippen LogP contribution >= 0.6 is 0 Å². The Morgan fingerprint density at radius 1 is 1.07 bits per heavy atom. The molecule has 0 saturated carbocycles. The highest BCUT2D eigenvalue weighted by atomic mass is 16.6. The number of pyridine rings is 1. The second-order valence-electron chi connectivity index (χ2n) is 12.1. The zero-order valence-corrected chi connectivity index (χ0v) is 26.7. The Kier molecular flexibility index (Phi) is 8.71. The van der Waals surface area contributed by atoms with Crippen molar-refractivity contribution in [3.05, 3.63) is 48.3 Å². The van der Waals surface area contributed by atoms with Crippen molar-refractivity contribution in [2.45, 2.75) is 46.3 Å². The molecule has 13 heteroatoms. The number of carbonyl (C=O) groups is 2. The van der Waals surface area contributed by atoms with E-state index in [1.807, 2.05) is 67.7 Å². The van der Waals surface area contributed by atoms with Crippen LogP contribution in [0.2, 0.25) is 0 Å². The van der Waals surface area contributed by atoms with Crippen molar-refractivity contribution in [2.75, 3.05) is 49.2 Å². The molecule has 0 spiro atoms. The first-order valence-electron chi connectivity index (χ1n) is 14.8. The number of nitrogen functional groups attached to an aromatic ring is 1. The summed E-state index contributed by atoms with van der Waals surface area (Å²) in [5, 5.41) is 4.11. The van der Waals surface area contributed by atoms with Gasteiger partial charge in [0.05, 0.1) is 24.6 Å². The third-order valence-corrected chi connectivity index (χ3v) is 7.17. The van der Waals surface area contributed by atoms with E-state index in [0.29, 0.717) is 49.1 Å². The van der Waals surface area contributed by atoms with Crippen molar-refractivity contribution < 1.29 is 23.8 Å². The Labute approximate surface area is 262 Å². The maximum atomic E-state index is 13.1. The summed E-state index contributed by atoms with van der Waals surface area (Å²) < 4.78 is 18.6. The monoisotopic (exact) mass is 616 g/mol. The Morgan fingerprint density at radius 3 is 2.44 bits per heavy atom. The predicted octanol–water partition coefficient (Wildman–Crippen LogP) is 4.99. The highest BCUT2D eigenvalue weighted by Crippen LogP contribution is 2.36. The molecule has 1 amide bonds. The van der Waals surface area contributed by atoms with Gasteiger partial charge in [0.25, 0.3) is 0 Å². The van der Waals surface area contributed by atoms with Gasteiger partial charge in [0.15, 0.2) is 5.82 Å². The zero-order chi connectivity index (χ0) is 32.5. The van der Waals surface area contributed by atoms with Crippen LogP contribution in [0.1, 0.15) is 45.0 Å². The molecule has 0 unspecified atom stereocenters. The quantitative estimate of drug-likeness (QED) is 0.271. The van der Waals surface area contributed by atoms with E-state index in [0.717, 1.165) is 16.5 Å². The molecular weight excluding hydrogens is 576 g/mol. The van der Waals surface area contributed by atoms with Crippen LogP contribution in [-0.4, -0.2) is 81.5 Å². The smallest absolute Gasteiger partial charge is 0.410 e. The van der Waals surface area contributed by atoms with Crippen LogP contribution < -0.4 is 20.7 Å². The van der Waals surface area contributed by atoms with Gasteiger partial charge in [-0.05, 0) is 46.8 Å². The van der Waals surface area contributed by atoms with E-state index in [1.165, 1.54) is 13.3 Å². The SMILES string of the molecule is COc1nc(N2CCN(C(=O)OC(C)(C)C)CC2)c(N)cc1Nc1ncc(C(=O)OC(C)C)c(-c2cn(C)c3ccccc23)n1. The van der Waals surface area contributed by atoms with Crippen molar-refractivity contribution in [1.82, 2.24) is 24.4 Å². The molecule has 0 aliphatic carbocycles. The number of hydrogen-bond acceptors (Lipinski definition) is 11. The Morgan fingerprint density at radius 2 is 1.78 bits per heavy atom. The lowest BCUT2D eigenvalue weighted by Gasteiger charge is -2.36. The van der Waals surface area contributed by atoms with Gasteiger partial charge in [-0.15, -0.1) is 0 Å². The van der Waals surface area contributed by atoms with Crippen LogP contribution in [-0.2, 0) is 16.5 Å². The molecule has 238 valence electrons. The fourth-order valence-electron chi connectivity index (χ4n) is 5.15. The number of amides is 1. The largest absolute Gasteiger partial charge is 0.479 e. The number of fused-ring (bicyclic) bond motifs is 1. The molecule has 45 heavy (non-hydrogen) atoms. The van der Waals surface area contributed by atoms with E-state index in [4.69, 9.17) is 29.9 Å². The number of aryl methyl sites for hydroxylation is 1. The number of rotatable bonds is 7. The lowest BCUT2D eigenvalue weighted by atomic mass is 10.1. The second-order valence-corrected chi connectivity index (χ2v) is 12.1. The standard InChI is InChI=1S/C32H40N8O5/c1-19(2)44-29(41)21-17-34-30(36-26(21)22-18-38(6)25-11-9-8-10-20(22)25)35-24-16-23(33)27(37-28(24)43-7)39-12-14-40(15-13-39)31(42)45-32(3,4)5/h8-11,16-19H,12-15,33H2,1-7H3,(H,34,35,36). The van der Waals surface area contributed by atoms with Gasteiger partial charge in [0, 0.05) is 62.1 Å². The lowest BCUT2D eigenvalue weighted by Crippen LogP contribution is -2.50. The summed E-state index contributed by atoms with van der Waals surface area (Å²) in [7, 11) is 3.46. The van der Waals surface area contributed by atoms with E-state index in [9.17, 15) is 9.59 Å². The Hall–Kier alpha value is -5.07. The topological polar surface area (TPSA) is 150 Å². The summed E-state index contributed by atoms with van der Waals surface area (Å²) in [6.07, 6.45) is 2.73. The van der Waals surface area contributed by atoms with Crippen molar-refractivity contribution in [3.8, 4) is 17.1 Å². The molecule has 1 aromatic carbocycles. The van der Waals surface area contributed by atoms with Crippen LogP contribution in [0.15, 0.2) is 42.7 Å². The molecule has 4 heterocycles. The number of anilines is 4. The summed E-state index contributed by atoms with van der Waals surface area (Å²) in [6.45, 7) is 11.1. The minimum atomic E-state index is -0.562. The van der Waals surface area contributed by atoms with Crippen molar-refractivity contribution in [1.29, 1.82) is 0 Å². The van der Waals surface area contributed by atoms with E-state index in [-0.39, 0.29) is 29.6 Å². The number of methoxy groups -OCH3 is 1. The number of nitrogens with zero attached hydrogens (tertiary/aromatic N) is 6. The molecule has 0 radical (unpaired) electrons. The van der Waals surface area contributed by atoms with Crippen LogP contribution in [0.3, 0.4) is 0 Å². The molecule has 0 atom stereocenters. The number of nitrogens with one attached hydrogen (secondary N) is 1. The van der Waals surface area contributed by atoms with E-state index in [2.05, 4.69) is 10.3 Å². The number of hydrogen-bond donors (Lipinski definition) is 2. The Bertz CT molecular complexity index is 1720. The van der Waals surface area contributed by atoms with Crippen LogP contribution in [0.4, 0.5) is 27.9 Å². The van der Waals surface area contributed by atoms with E-state index >= 15 is 0 Å². The first kappa shape index (κ1) is 31.4. The van der Waals surface area contributed by atoms with Gasteiger partial charge in [-0.25, -0.2) is 19.6 Å². The number of para-hydroxylation sites is 1. The molecule has 1 fully saturated rings. The molecule has 13 nitrogen and oxygen atoms in total. The van der Waals surface area contributed by atoms with Gasteiger partial charge < -0.3 is 39.6 Å². The van der Waals surface area contributed by atoms with Gasteiger partial charge in [-0.2, -0.15) is 4.98 Å². The average Bonchev–Trinajstić information content (AvgIpc) is 3.32. The number of benzene rings is 1. The molecule has 1 saturated heterocycles. The number of piperazine rings is 1. The molecule has 1 aliphatic rings. The summed E-state index contributed by atoms with van der Waals surface area (Å²) in [6, 6.07) is 9.60. The van der Waals surface area contributed by atoms with Crippen LogP contribution in [0.5, 0.6) is 5.88 Å². The van der Waals surface area contributed by atoms with Crippen LogP contribution in [0, 0.1) is 0 Å². The first-order chi connectivity index (χ1) is 21.3.